The summed E-state index contributed by atoms with van der Waals surface area (Å²) in [6.45, 7) is 5.17. The van der Waals surface area contributed by atoms with Crippen LogP contribution in [0.4, 0.5) is 11.6 Å². The van der Waals surface area contributed by atoms with E-state index in [0.29, 0.717) is 6.04 Å². The van der Waals surface area contributed by atoms with Crippen LogP contribution in [0.1, 0.15) is 26.3 Å². The van der Waals surface area contributed by atoms with Gasteiger partial charge in [0.05, 0.1) is 0 Å². The van der Waals surface area contributed by atoms with Crippen molar-refractivity contribution in [3.8, 4) is 0 Å². The Kier molecular flexibility index (Phi) is 3.83. The van der Waals surface area contributed by atoms with E-state index in [4.69, 9.17) is 10.8 Å². The highest BCUT2D eigenvalue weighted by atomic mass is 16.3. The molecule has 0 saturated carbocycles. The highest BCUT2D eigenvalue weighted by Crippen LogP contribution is 2.21. The van der Waals surface area contributed by atoms with Gasteiger partial charge in [-0.15, -0.1) is 0 Å². The van der Waals surface area contributed by atoms with Crippen LogP contribution in [0.3, 0.4) is 0 Å². The lowest BCUT2D eigenvalue weighted by Gasteiger charge is -2.15. The van der Waals surface area contributed by atoms with E-state index in [0.717, 1.165) is 24.6 Å². The van der Waals surface area contributed by atoms with Gasteiger partial charge < -0.3 is 20.7 Å². The van der Waals surface area contributed by atoms with Gasteiger partial charge in [0.25, 0.3) is 0 Å². The number of nitrogen functional groups attached to an aromatic ring is 1. The summed E-state index contributed by atoms with van der Waals surface area (Å²) in [5.74, 6) is 1.79. The third kappa shape index (κ3) is 2.42. The highest BCUT2D eigenvalue weighted by Gasteiger charge is 2.07. The van der Waals surface area contributed by atoms with Crippen molar-refractivity contribution in [2.75, 3.05) is 24.2 Å². The fourth-order valence-electron chi connectivity index (χ4n) is 1.48. The van der Waals surface area contributed by atoms with Crippen LogP contribution in [-0.2, 0) is 0 Å². The minimum Gasteiger partial charge on any atom is -0.396 e. The van der Waals surface area contributed by atoms with E-state index in [1.54, 1.807) is 0 Å². The highest BCUT2D eigenvalue weighted by molar-refractivity contribution is 5.49. The SMILES string of the molecule is CC(C)n1c(N)ccc1NCCCO. The smallest absolute Gasteiger partial charge is 0.107 e. The Hall–Kier alpha value is -1.16. The zero-order valence-electron chi connectivity index (χ0n) is 8.83. The third-order valence-electron chi connectivity index (χ3n) is 2.11. The zero-order valence-corrected chi connectivity index (χ0v) is 8.83. The van der Waals surface area contributed by atoms with Gasteiger partial charge in [-0.2, -0.15) is 0 Å². The van der Waals surface area contributed by atoms with Gasteiger partial charge in [-0.25, -0.2) is 0 Å². The second kappa shape index (κ2) is 4.91. The Balaban J connectivity index is 2.66. The lowest BCUT2D eigenvalue weighted by atomic mass is 10.4. The van der Waals surface area contributed by atoms with Gasteiger partial charge in [-0.1, -0.05) is 0 Å². The number of aliphatic hydroxyl groups excluding tert-OH is 1. The zero-order chi connectivity index (χ0) is 10.6. The molecule has 0 aliphatic carbocycles. The first kappa shape index (κ1) is 10.9. The van der Waals surface area contributed by atoms with Crippen molar-refractivity contribution in [2.24, 2.45) is 0 Å². The van der Waals surface area contributed by atoms with Crippen molar-refractivity contribution in [2.45, 2.75) is 26.3 Å². The van der Waals surface area contributed by atoms with Crippen LogP contribution in [0.25, 0.3) is 0 Å². The van der Waals surface area contributed by atoms with Crippen LogP contribution in [0, 0.1) is 0 Å². The van der Waals surface area contributed by atoms with Gasteiger partial charge in [-0.05, 0) is 32.4 Å². The van der Waals surface area contributed by atoms with Gasteiger partial charge >= 0.3 is 0 Å². The van der Waals surface area contributed by atoms with Crippen LogP contribution in [0.15, 0.2) is 12.1 Å². The van der Waals surface area contributed by atoms with Gasteiger partial charge in [0.15, 0.2) is 0 Å². The molecule has 0 atom stereocenters. The van der Waals surface area contributed by atoms with Gasteiger partial charge in [0.2, 0.25) is 0 Å². The maximum Gasteiger partial charge on any atom is 0.107 e. The first-order valence-corrected chi connectivity index (χ1v) is 4.98. The van der Waals surface area contributed by atoms with E-state index < -0.39 is 0 Å². The summed E-state index contributed by atoms with van der Waals surface area (Å²) in [5.41, 5.74) is 5.82. The van der Waals surface area contributed by atoms with Crippen molar-refractivity contribution >= 4 is 11.6 Å². The van der Waals surface area contributed by atoms with Crippen LogP contribution < -0.4 is 11.1 Å². The maximum absolute atomic E-state index is 8.66. The average Bonchev–Trinajstić information content (AvgIpc) is 2.47. The first-order chi connectivity index (χ1) is 6.66. The standard InChI is InChI=1S/C10H19N3O/c1-8(2)13-9(11)4-5-10(13)12-6-3-7-14/h4-5,8,12,14H,3,6-7,11H2,1-2H3. The topological polar surface area (TPSA) is 63.2 Å². The molecule has 1 aromatic rings. The molecule has 1 rings (SSSR count). The van der Waals surface area contributed by atoms with E-state index in [1.807, 2.05) is 16.7 Å². The van der Waals surface area contributed by atoms with E-state index in [2.05, 4.69) is 19.2 Å². The number of aromatic nitrogens is 1. The molecule has 0 bridgehead atoms. The largest absolute Gasteiger partial charge is 0.396 e. The average molecular weight is 197 g/mol. The summed E-state index contributed by atoms with van der Waals surface area (Å²) in [5, 5.41) is 11.9. The molecule has 14 heavy (non-hydrogen) atoms. The Morgan fingerprint density at radius 2 is 2.21 bits per heavy atom. The van der Waals surface area contributed by atoms with Crippen molar-refractivity contribution in [1.29, 1.82) is 0 Å². The minimum absolute atomic E-state index is 0.213. The third-order valence-corrected chi connectivity index (χ3v) is 2.11. The van der Waals surface area contributed by atoms with E-state index in [9.17, 15) is 0 Å². The Morgan fingerprint density at radius 3 is 2.79 bits per heavy atom. The van der Waals surface area contributed by atoms with Gasteiger partial charge in [0, 0.05) is 19.2 Å². The van der Waals surface area contributed by atoms with E-state index in [-0.39, 0.29) is 6.61 Å². The number of nitrogens with one attached hydrogen (secondary N) is 1. The fraction of sp³-hybridized carbons (Fsp3) is 0.600. The second-order valence-corrected chi connectivity index (χ2v) is 3.61. The molecule has 0 unspecified atom stereocenters. The lowest BCUT2D eigenvalue weighted by Crippen LogP contribution is -2.12. The number of anilines is 2. The normalized spacial score (nSPS) is 10.9. The van der Waals surface area contributed by atoms with Crippen LogP contribution in [0.2, 0.25) is 0 Å². The molecule has 0 spiro atoms. The van der Waals surface area contributed by atoms with Crippen molar-refractivity contribution in [1.82, 2.24) is 4.57 Å². The molecule has 0 fully saturated rings. The molecule has 0 saturated heterocycles. The number of rotatable bonds is 5. The minimum atomic E-state index is 0.213. The Bertz CT molecular complexity index is 281. The number of hydrogen-bond donors (Lipinski definition) is 3. The van der Waals surface area contributed by atoms with Crippen LogP contribution in [-0.4, -0.2) is 22.8 Å². The molecule has 4 heteroatoms. The predicted molar refractivity (Wildman–Crippen MR) is 59.4 cm³/mol. The van der Waals surface area contributed by atoms with Crippen molar-refractivity contribution in [3.63, 3.8) is 0 Å². The molecule has 4 N–H and O–H groups in total. The van der Waals surface area contributed by atoms with Crippen LogP contribution >= 0.6 is 0 Å². The molecule has 0 aliphatic rings. The Labute approximate surface area is 84.7 Å². The first-order valence-electron chi connectivity index (χ1n) is 4.98. The number of nitrogens with two attached hydrogens (primary N) is 1. The second-order valence-electron chi connectivity index (χ2n) is 3.61. The molecule has 0 amide bonds. The molecular formula is C10H19N3O. The molecule has 0 aliphatic heterocycles. The van der Waals surface area contributed by atoms with Crippen LogP contribution in [0.5, 0.6) is 0 Å². The molecule has 4 nitrogen and oxygen atoms in total. The number of hydrogen-bond acceptors (Lipinski definition) is 3. The van der Waals surface area contributed by atoms with E-state index in [1.165, 1.54) is 0 Å². The molecule has 0 radical (unpaired) electrons. The summed E-state index contributed by atoms with van der Waals surface area (Å²) in [6.07, 6.45) is 0.753. The predicted octanol–water partition coefficient (Wildman–Crippen LogP) is 1.45. The van der Waals surface area contributed by atoms with Gasteiger partial charge in [0.1, 0.15) is 11.6 Å². The van der Waals surface area contributed by atoms with E-state index >= 15 is 0 Å². The molecule has 0 aromatic carbocycles. The molecule has 80 valence electrons. The maximum atomic E-state index is 8.66. The summed E-state index contributed by atoms with van der Waals surface area (Å²) in [6, 6.07) is 4.20. The van der Waals surface area contributed by atoms with Gasteiger partial charge in [-0.3, -0.25) is 0 Å². The monoisotopic (exact) mass is 197 g/mol. The summed E-state index contributed by atoms with van der Waals surface area (Å²) in [7, 11) is 0. The fourth-order valence-corrected chi connectivity index (χ4v) is 1.48. The molecular weight excluding hydrogens is 178 g/mol. The quantitative estimate of drug-likeness (QED) is 0.626. The summed E-state index contributed by atoms with van der Waals surface area (Å²) in [4.78, 5) is 0. The van der Waals surface area contributed by atoms with Crippen molar-refractivity contribution < 1.29 is 5.11 Å². The molecule has 1 aromatic heterocycles. The summed E-state index contributed by atoms with van der Waals surface area (Å²) >= 11 is 0. The Morgan fingerprint density at radius 1 is 1.50 bits per heavy atom. The number of aliphatic hydroxyl groups is 1. The summed E-state index contributed by atoms with van der Waals surface area (Å²) < 4.78 is 2.04. The van der Waals surface area contributed by atoms with Crippen molar-refractivity contribution in [3.05, 3.63) is 12.1 Å². The molecule has 1 heterocycles. The number of nitrogens with zero attached hydrogens (tertiary/aromatic N) is 1. The lowest BCUT2D eigenvalue weighted by molar-refractivity contribution is 0.292.